The van der Waals surface area contributed by atoms with Gasteiger partial charge in [0.2, 0.25) is 0 Å². The third-order valence-corrected chi connectivity index (χ3v) is 12.0. The number of carboxylic acids is 1. The van der Waals surface area contributed by atoms with Crippen LogP contribution < -0.4 is 10.5 Å². The van der Waals surface area contributed by atoms with Crippen molar-refractivity contribution < 1.29 is 14.6 Å². The second kappa shape index (κ2) is 8.53. The number of carboxylic acid groups (broad SMARTS) is 1. The highest BCUT2D eigenvalue weighted by atomic mass is 16.5. The first-order valence-corrected chi connectivity index (χ1v) is 15.2. The second-order valence-corrected chi connectivity index (χ2v) is 13.8. The van der Waals surface area contributed by atoms with E-state index in [1.807, 2.05) is 28.8 Å². The zero-order valence-corrected chi connectivity index (χ0v) is 23.0. The number of aliphatic carboxylic acids is 1. The molecule has 8 heteroatoms. The van der Waals surface area contributed by atoms with Crippen molar-refractivity contribution in [2.75, 3.05) is 18.1 Å². The van der Waals surface area contributed by atoms with Gasteiger partial charge < -0.3 is 19.3 Å². The van der Waals surface area contributed by atoms with Gasteiger partial charge in [0, 0.05) is 30.7 Å². The Bertz CT molecular complexity index is 1390. The Kier molecular flexibility index (Phi) is 5.32. The fourth-order valence-electron chi connectivity index (χ4n) is 9.99. The van der Waals surface area contributed by atoms with Crippen LogP contribution in [-0.4, -0.2) is 68.9 Å². The van der Waals surface area contributed by atoms with Gasteiger partial charge in [0.15, 0.2) is 5.82 Å². The van der Waals surface area contributed by atoms with Gasteiger partial charge in [-0.25, -0.2) is 9.78 Å². The van der Waals surface area contributed by atoms with E-state index in [1.165, 1.54) is 32.1 Å². The number of piperidine rings is 1. The largest absolute Gasteiger partial charge is 0.480 e. The molecule has 0 spiro atoms. The van der Waals surface area contributed by atoms with Crippen molar-refractivity contribution in [1.82, 2.24) is 14.5 Å². The highest BCUT2D eigenvalue weighted by Gasteiger charge is 2.60. The maximum Gasteiger partial charge on any atom is 0.326 e. The lowest BCUT2D eigenvalue weighted by Crippen LogP contribution is -2.64. The summed E-state index contributed by atoms with van der Waals surface area (Å²) >= 11 is 0. The molecule has 1 unspecified atom stereocenters. The predicted octanol–water partition coefficient (Wildman–Crippen LogP) is 4.07. The zero-order chi connectivity index (χ0) is 26.6. The van der Waals surface area contributed by atoms with E-state index in [2.05, 4.69) is 18.7 Å². The van der Waals surface area contributed by atoms with Crippen LogP contribution in [0.1, 0.15) is 71.3 Å². The van der Waals surface area contributed by atoms with Gasteiger partial charge in [-0.3, -0.25) is 9.69 Å². The molecule has 8 nitrogen and oxygen atoms in total. The van der Waals surface area contributed by atoms with Crippen LogP contribution in [0.15, 0.2) is 29.1 Å². The molecule has 4 bridgehead atoms. The Morgan fingerprint density at radius 3 is 2.67 bits per heavy atom. The van der Waals surface area contributed by atoms with E-state index < -0.39 is 12.0 Å². The van der Waals surface area contributed by atoms with Gasteiger partial charge in [0.25, 0.3) is 5.56 Å². The lowest BCUT2D eigenvalue weighted by atomic mass is 9.54. The standard InChI is InChI=1S/C31H40N4O4/c1-17-27-14-22(13-23(16-39-17)34(27)21-10-18-9-19-11-20(12-21)31(19,2)15-18)35-25-6-4-3-5-24(25)32-28(29(35)36)33-8-7-26(33)30(37)38/h3-6,17-23,26-27H,7-16H2,1-2H3,(H,37,38)/t17-,18+,19-,20-,21+,22+,23+,26-,27-,31?/m0/s1. The van der Waals surface area contributed by atoms with Crippen molar-refractivity contribution >= 4 is 22.8 Å². The van der Waals surface area contributed by atoms with E-state index in [0.29, 0.717) is 30.5 Å². The van der Waals surface area contributed by atoms with Crippen LogP contribution in [-0.2, 0) is 9.53 Å². The smallest absolute Gasteiger partial charge is 0.326 e. The molecule has 3 aliphatic heterocycles. The molecule has 1 N–H and O–H groups in total. The first-order chi connectivity index (χ1) is 18.8. The number of morpholine rings is 1. The molecular weight excluding hydrogens is 492 g/mol. The first kappa shape index (κ1) is 24.4. The van der Waals surface area contributed by atoms with Crippen molar-refractivity contribution in [3.63, 3.8) is 0 Å². The molecule has 8 rings (SSSR count). The van der Waals surface area contributed by atoms with Crippen LogP contribution in [0.2, 0.25) is 0 Å². The highest BCUT2D eigenvalue weighted by molar-refractivity contribution is 5.81. The van der Waals surface area contributed by atoms with Gasteiger partial charge in [-0.15, -0.1) is 0 Å². The molecule has 6 aliphatic rings. The average molecular weight is 533 g/mol. The molecule has 0 amide bonds. The van der Waals surface area contributed by atoms with E-state index >= 15 is 0 Å². The summed E-state index contributed by atoms with van der Waals surface area (Å²) in [6.07, 6.45) is 9.35. The van der Waals surface area contributed by atoms with Gasteiger partial charge in [-0.1, -0.05) is 19.1 Å². The minimum atomic E-state index is -0.889. The summed E-state index contributed by atoms with van der Waals surface area (Å²) in [5.74, 6) is 2.09. The lowest BCUT2D eigenvalue weighted by Gasteiger charge is -2.57. The number of benzene rings is 1. The molecule has 1 aromatic heterocycles. The van der Waals surface area contributed by atoms with Crippen LogP contribution in [0.25, 0.3) is 11.0 Å². The quantitative estimate of drug-likeness (QED) is 0.635. The van der Waals surface area contributed by atoms with Gasteiger partial charge in [-0.2, -0.15) is 0 Å². The normalized spacial score (nSPS) is 43.0. The summed E-state index contributed by atoms with van der Waals surface area (Å²) in [5, 5.41) is 9.68. The molecule has 10 atom stereocenters. The minimum absolute atomic E-state index is 0.0409. The molecule has 208 valence electrons. The Labute approximate surface area is 229 Å². The molecule has 6 fully saturated rings. The summed E-state index contributed by atoms with van der Waals surface area (Å²) < 4.78 is 8.30. The molecule has 39 heavy (non-hydrogen) atoms. The summed E-state index contributed by atoms with van der Waals surface area (Å²) in [6, 6.07) is 8.42. The Morgan fingerprint density at radius 1 is 1.05 bits per heavy atom. The van der Waals surface area contributed by atoms with E-state index in [4.69, 9.17) is 9.72 Å². The van der Waals surface area contributed by atoms with E-state index in [0.717, 1.165) is 48.2 Å². The molecule has 1 aromatic carbocycles. The highest BCUT2D eigenvalue weighted by Crippen LogP contribution is 2.67. The lowest BCUT2D eigenvalue weighted by molar-refractivity contribution is -0.152. The summed E-state index contributed by atoms with van der Waals surface area (Å²) in [5.41, 5.74) is 2.04. The topological polar surface area (TPSA) is 87.9 Å². The number of hydrogen-bond donors (Lipinski definition) is 1. The number of anilines is 1. The molecule has 3 aliphatic carbocycles. The third-order valence-electron chi connectivity index (χ3n) is 12.0. The molecule has 3 saturated carbocycles. The number of carbonyl (C=O) groups is 1. The SMILES string of the molecule is C[C@@H]1OC[C@H]2C[C@@H](n3c(=O)c(N4CC[C@H]4C(=O)O)nc4ccccc43)C[C@@H]1N2[C@@H]1C[C@H]2C[C@H]3C[C@@H](C1)C3(C)C2. The number of fused-ring (bicyclic) bond motifs is 4. The maximum atomic E-state index is 14.1. The monoisotopic (exact) mass is 532 g/mol. The minimum Gasteiger partial charge on any atom is -0.480 e. The van der Waals surface area contributed by atoms with E-state index in [1.54, 1.807) is 4.90 Å². The Balaban J connectivity index is 1.15. The molecule has 0 radical (unpaired) electrons. The van der Waals surface area contributed by atoms with E-state index in [-0.39, 0.29) is 29.6 Å². The zero-order valence-electron chi connectivity index (χ0n) is 23.0. The maximum absolute atomic E-state index is 14.1. The summed E-state index contributed by atoms with van der Waals surface area (Å²) in [4.78, 5) is 35.2. The molecule has 2 aromatic rings. The van der Waals surface area contributed by atoms with Gasteiger partial charge in [0.1, 0.15) is 6.04 Å². The predicted molar refractivity (Wildman–Crippen MR) is 148 cm³/mol. The Morgan fingerprint density at radius 2 is 1.87 bits per heavy atom. The van der Waals surface area contributed by atoms with Crippen molar-refractivity contribution in [2.24, 2.45) is 23.2 Å². The number of hydrogen-bond acceptors (Lipinski definition) is 6. The fraction of sp³-hybridized carbons (Fsp3) is 0.710. The van der Waals surface area contributed by atoms with Crippen molar-refractivity contribution in [2.45, 2.75) is 102 Å². The molecule has 4 heterocycles. The van der Waals surface area contributed by atoms with Gasteiger partial charge >= 0.3 is 5.97 Å². The number of nitrogens with zero attached hydrogens (tertiary/aromatic N) is 4. The first-order valence-electron chi connectivity index (χ1n) is 15.2. The van der Waals surface area contributed by atoms with Crippen molar-refractivity contribution in [3.05, 3.63) is 34.6 Å². The second-order valence-electron chi connectivity index (χ2n) is 13.8. The summed E-state index contributed by atoms with van der Waals surface area (Å²) in [7, 11) is 0. The van der Waals surface area contributed by atoms with E-state index in [9.17, 15) is 14.7 Å². The number of rotatable bonds is 4. The van der Waals surface area contributed by atoms with Crippen LogP contribution in [0.5, 0.6) is 0 Å². The molecule has 3 saturated heterocycles. The van der Waals surface area contributed by atoms with Crippen LogP contribution in [0.4, 0.5) is 5.82 Å². The fourth-order valence-corrected chi connectivity index (χ4v) is 9.99. The number of aromatic nitrogens is 2. The average Bonchev–Trinajstić information content (AvgIpc) is 3.05. The third kappa shape index (κ3) is 3.46. The summed E-state index contributed by atoms with van der Waals surface area (Å²) in [6.45, 7) is 6.06. The van der Waals surface area contributed by atoms with Crippen molar-refractivity contribution in [1.29, 1.82) is 0 Å². The van der Waals surface area contributed by atoms with Crippen LogP contribution in [0, 0.1) is 23.2 Å². The van der Waals surface area contributed by atoms with Gasteiger partial charge in [0.05, 0.1) is 23.7 Å². The van der Waals surface area contributed by atoms with Crippen molar-refractivity contribution in [3.8, 4) is 0 Å². The number of para-hydroxylation sites is 2. The van der Waals surface area contributed by atoms with Crippen LogP contribution in [0.3, 0.4) is 0 Å². The number of ether oxygens (including phenoxy) is 1. The Hall–Kier alpha value is -2.45. The van der Waals surface area contributed by atoms with Gasteiger partial charge in [-0.05, 0) is 93.6 Å². The molecular formula is C31H40N4O4. The van der Waals surface area contributed by atoms with Crippen LogP contribution >= 0.6 is 0 Å².